The van der Waals surface area contributed by atoms with E-state index in [1.807, 2.05) is 30.1 Å². The number of carbonyl (C=O) groups excluding carboxylic acids is 2. The van der Waals surface area contributed by atoms with E-state index >= 15 is 0 Å². The zero-order valence-corrected chi connectivity index (χ0v) is 17.9. The SMILES string of the molecule is CN(Cc1n[nH]c2c1CCCC2)C(=O)[C@H]1CCC(=O)N(CCCc2ccccc2)C1. The van der Waals surface area contributed by atoms with E-state index in [4.69, 9.17) is 0 Å². The smallest absolute Gasteiger partial charge is 0.227 e. The van der Waals surface area contributed by atoms with Crippen molar-refractivity contribution < 1.29 is 9.59 Å². The highest BCUT2D eigenvalue weighted by Gasteiger charge is 2.32. The van der Waals surface area contributed by atoms with Gasteiger partial charge in [-0.2, -0.15) is 5.10 Å². The van der Waals surface area contributed by atoms with Gasteiger partial charge in [0.05, 0.1) is 18.2 Å². The lowest BCUT2D eigenvalue weighted by Crippen LogP contribution is -2.46. The number of piperidine rings is 1. The third-order valence-corrected chi connectivity index (χ3v) is 6.49. The molecule has 0 bridgehead atoms. The summed E-state index contributed by atoms with van der Waals surface area (Å²) < 4.78 is 0. The Labute approximate surface area is 178 Å². The molecular weight excluding hydrogens is 376 g/mol. The fourth-order valence-corrected chi connectivity index (χ4v) is 4.75. The number of amides is 2. The van der Waals surface area contributed by atoms with Crippen molar-refractivity contribution in [2.75, 3.05) is 20.1 Å². The number of fused-ring (bicyclic) bond motifs is 1. The number of aryl methyl sites for hydroxylation is 2. The van der Waals surface area contributed by atoms with Crippen molar-refractivity contribution in [2.45, 2.75) is 57.9 Å². The summed E-state index contributed by atoms with van der Waals surface area (Å²) in [5.41, 5.74) is 4.84. The molecule has 2 aromatic rings. The van der Waals surface area contributed by atoms with Crippen LogP contribution in [0.1, 0.15) is 54.6 Å². The Bertz CT molecular complexity index is 877. The van der Waals surface area contributed by atoms with Crippen LogP contribution in [-0.4, -0.2) is 51.9 Å². The van der Waals surface area contributed by atoms with Gasteiger partial charge in [-0.05, 0) is 56.1 Å². The monoisotopic (exact) mass is 408 g/mol. The molecule has 0 saturated carbocycles. The van der Waals surface area contributed by atoms with Gasteiger partial charge in [0.2, 0.25) is 11.8 Å². The molecule has 6 heteroatoms. The molecule has 0 unspecified atom stereocenters. The molecule has 1 saturated heterocycles. The Kier molecular flexibility index (Phi) is 6.50. The third-order valence-electron chi connectivity index (χ3n) is 6.49. The average molecular weight is 409 g/mol. The summed E-state index contributed by atoms with van der Waals surface area (Å²) in [5, 5.41) is 7.64. The Morgan fingerprint density at radius 1 is 1.20 bits per heavy atom. The van der Waals surface area contributed by atoms with Gasteiger partial charge in [-0.15, -0.1) is 0 Å². The van der Waals surface area contributed by atoms with Gasteiger partial charge >= 0.3 is 0 Å². The first-order valence-electron chi connectivity index (χ1n) is 11.2. The van der Waals surface area contributed by atoms with Crippen LogP contribution in [0.4, 0.5) is 0 Å². The first-order chi connectivity index (χ1) is 14.6. The molecule has 4 rings (SSSR count). The minimum Gasteiger partial charge on any atom is -0.342 e. The fraction of sp³-hybridized carbons (Fsp3) is 0.542. The molecule has 160 valence electrons. The predicted octanol–water partition coefficient (Wildman–Crippen LogP) is 3.12. The minimum absolute atomic E-state index is 0.112. The van der Waals surface area contributed by atoms with Crippen molar-refractivity contribution >= 4 is 11.8 Å². The summed E-state index contributed by atoms with van der Waals surface area (Å²) >= 11 is 0. The first kappa shape index (κ1) is 20.6. The highest BCUT2D eigenvalue weighted by Crippen LogP contribution is 2.25. The van der Waals surface area contributed by atoms with Gasteiger partial charge in [-0.25, -0.2) is 0 Å². The van der Waals surface area contributed by atoms with Gasteiger partial charge in [-0.1, -0.05) is 30.3 Å². The second kappa shape index (κ2) is 9.45. The molecule has 1 atom stereocenters. The van der Waals surface area contributed by atoms with Crippen molar-refractivity contribution in [3.63, 3.8) is 0 Å². The summed E-state index contributed by atoms with van der Waals surface area (Å²) in [5.74, 6) is 0.193. The molecule has 0 spiro atoms. The minimum atomic E-state index is -0.112. The number of nitrogens with zero attached hydrogens (tertiary/aromatic N) is 3. The Balaban J connectivity index is 1.31. The summed E-state index contributed by atoms with van der Waals surface area (Å²) in [7, 11) is 1.86. The summed E-state index contributed by atoms with van der Waals surface area (Å²) in [6.45, 7) is 1.80. The summed E-state index contributed by atoms with van der Waals surface area (Å²) in [4.78, 5) is 29.2. The largest absolute Gasteiger partial charge is 0.342 e. The zero-order valence-electron chi connectivity index (χ0n) is 17.9. The molecule has 2 amide bonds. The second-order valence-electron chi connectivity index (χ2n) is 8.69. The van der Waals surface area contributed by atoms with E-state index in [9.17, 15) is 9.59 Å². The van der Waals surface area contributed by atoms with E-state index in [0.717, 1.165) is 31.4 Å². The predicted molar refractivity (Wildman–Crippen MR) is 116 cm³/mol. The number of carbonyl (C=O) groups is 2. The number of likely N-dealkylation sites (tertiary alicyclic amines) is 1. The molecule has 1 aromatic carbocycles. The van der Waals surface area contributed by atoms with Crippen LogP contribution in [0.5, 0.6) is 0 Å². The molecule has 1 fully saturated rings. The van der Waals surface area contributed by atoms with Crippen molar-refractivity contribution in [1.29, 1.82) is 0 Å². The number of benzene rings is 1. The Hall–Kier alpha value is -2.63. The lowest BCUT2D eigenvalue weighted by molar-refractivity contribution is -0.142. The van der Waals surface area contributed by atoms with E-state index in [1.54, 1.807) is 4.90 Å². The molecule has 2 heterocycles. The van der Waals surface area contributed by atoms with E-state index in [2.05, 4.69) is 22.3 Å². The van der Waals surface area contributed by atoms with Crippen LogP contribution in [0.2, 0.25) is 0 Å². The van der Waals surface area contributed by atoms with Crippen molar-refractivity contribution in [3.05, 3.63) is 52.8 Å². The van der Waals surface area contributed by atoms with Gasteiger partial charge in [0, 0.05) is 32.3 Å². The number of H-pyrrole nitrogens is 1. The third kappa shape index (κ3) is 4.74. The molecule has 1 aliphatic carbocycles. The molecular formula is C24H32N4O2. The van der Waals surface area contributed by atoms with E-state index in [1.165, 1.54) is 29.7 Å². The number of hydrogen-bond donors (Lipinski definition) is 1. The maximum Gasteiger partial charge on any atom is 0.227 e. The molecule has 1 aliphatic heterocycles. The van der Waals surface area contributed by atoms with Crippen molar-refractivity contribution in [2.24, 2.45) is 5.92 Å². The maximum absolute atomic E-state index is 13.1. The van der Waals surface area contributed by atoms with Crippen LogP contribution < -0.4 is 0 Å². The topological polar surface area (TPSA) is 69.3 Å². The number of nitrogens with one attached hydrogen (secondary N) is 1. The van der Waals surface area contributed by atoms with Crippen LogP contribution in [0.25, 0.3) is 0 Å². The van der Waals surface area contributed by atoms with E-state index < -0.39 is 0 Å². The quantitative estimate of drug-likeness (QED) is 0.765. The first-order valence-corrected chi connectivity index (χ1v) is 11.2. The van der Waals surface area contributed by atoms with E-state index in [-0.39, 0.29) is 17.7 Å². The molecule has 1 aromatic heterocycles. The fourth-order valence-electron chi connectivity index (χ4n) is 4.75. The van der Waals surface area contributed by atoms with Gasteiger partial charge in [0.1, 0.15) is 0 Å². The highest BCUT2D eigenvalue weighted by atomic mass is 16.2. The van der Waals surface area contributed by atoms with Crippen LogP contribution in [0, 0.1) is 5.92 Å². The summed E-state index contributed by atoms with van der Waals surface area (Å²) in [6, 6.07) is 10.3. The van der Waals surface area contributed by atoms with Crippen LogP contribution in [-0.2, 0) is 35.4 Å². The highest BCUT2D eigenvalue weighted by molar-refractivity contribution is 5.83. The van der Waals surface area contributed by atoms with Gasteiger partial charge < -0.3 is 9.80 Å². The lowest BCUT2D eigenvalue weighted by atomic mass is 9.94. The maximum atomic E-state index is 13.1. The van der Waals surface area contributed by atoms with Crippen molar-refractivity contribution in [1.82, 2.24) is 20.0 Å². The van der Waals surface area contributed by atoms with Crippen molar-refractivity contribution in [3.8, 4) is 0 Å². The standard InChI is InChI=1S/C24H32N4O2/c1-27(17-22-20-11-5-6-12-21(20)25-26-22)24(30)19-13-14-23(29)28(16-19)15-7-10-18-8-3-2-4-9-18/h2-4,8-9,19H,5-7,10-17H2,1H3,(H,25,26)/t19-/m0/s1. The Morgan fingerprint density at radius 2 is 2.00 bits per heavy atom. The second-order valence-corrected chi connectivity index (χ2v) is 8.69. The number of rotatable bonds is 7. The van der Waals surface area contributed by atoms with Crippen LogP contribution >= 0.6 is 0 Å². The average Bonchev–Trinajstić information content (AvgIpc) is 3.18. The molecule has 2 aliphatic rings. The van der Waals surface area contributed by atoms with Gasteiger partial charge in [-0.3, -0.25) is 14.7 Å². The number of hydrogen-bond acceptors (Lipinski definition) is 3. The van der Waals surface area contributed by atoms with Crippen LogP contribution in [0.3, 0.4) is 0 Å². The Morgan fingerprint density at radius 3 is 2.83 bits per heavy atom. The van der Waals surface area contributed by atoms with Gasteiger partial charge in [0.25, 0.3) is 0 Å². The molecule has 6 nitrogen and oxygen atoms in total. The van der Waals surface area contributed by atoms with E-state index in [0.29, 0.717) is 32.5 Å². The number of aromatic amines is 1. The lowest BCUT2D eigenvalue weighted by Gasteiger charge is -2.34. The molecule has 30 heavy (non-hydrogen) atoms. The normalized spacial score (nSPS) is 18.9. The molecule has 0 radical (unpaired) electrons. The summed E-state index contributed by atoms with van der Waals surface area (Å²) in [6.07, 6.45) is 7.50. The van der Waals surface area contributed by atoms with Crippen LogP contribution in [0.15, 0.2) is 30.3 Å². The number of aromatic nitrogens is 2. The molecule has 1 N–H and O–H groups in total. The van der Waals surface area contributed by atoms with Gasteiger partial charge in [0.15, 0.2) is 0 Å². The zero-order chi connectivity index (χ0) is 20.9.